The number of nitrogens with zero attached hydrogens (tertiary/aromatic N) is 1. The van der Waals surface area contributed by atoms with Crippen molar-refractivity contribution >= 4 is 12.2 Å². The van der Waals surface area contributed by atoms with Crippen LogP contribution in [-0.2, 0) is 4.79 Å². The van der Waals surface area contributed by atoms with Gasteiger partial charge in [-0.05, 0) is 19.1 Å². The van der Waals surface area contributed by atoms with Crippen LogP contribution in [0.25, 0.3) is 0 Å². The second kappa shape index (κ2) is 5.22. The summed E-state index contributed by atoms with van der Waals surface area (Å²) in [6, 6.07) is 3.60. The van der Waals surface area contributed by atoms with E-state index in [2.05, 4.69) is 4.98 Å². The number of nitrogens with two attached hydrogens (primary N) is 1. The molecule has 0 fully saturated rings. The molecule has 4 nitrogen and oxygen atoms in total. The van der Waals surface area contributed by atoms with E-state index in [0.717, 1.165) is 11.4 Å². The predicted octanol–water partition coefficient (Wildman–Crippen LogP) is 0.673. The molecule has 3 N–H and O–H groups in total. The Labute approximate surface area is 64.7 Å². The standard InChI is InChI=1S/C6H8N2.CH2O2/c1-5-4-6(7)2-3-8-5;2-1-3/h2-4H,1H3,(H2,7,8);1H,(H,2,3). The lowest BCUT2D eigenvalue weighted by Crippen LogP contribution is -1.85. The fraction of sp³-hybridized carbons (Fsp3) is 0.143. The van der Waals surface area contributed by atoms with Crippen LogP contribution in [0.1, 0.15) is 5.69 Å². The molecule has 0 amide bonds. The largest absolute Gasteiger partial charge is 0.483 e. The molecule has 0 saturated carbocycles. The highest BCUT2D eigenvalue weighted by molar-refractivity contribution is 5.36. The molecule has 0 saturated heterocycles. The molecule has 1 rings (SSSR count). The summed E-state index contributed by atoms with van der Waals surface area (Å²) >= 11 is 0. The Balaban J connectivity index is 0.000000292. The zero-order chi connectivity index (χ0) is 8.69. The van der Waals surface area contributed by atoms with Gasteiger partial charge in [-0.15, -0.1) is 0 Å². The Hall–Kier alpha value is -1.58. The number of rotatable bonds is 0. The molecule has 0 aromatic carbocycles. The van der Waals surface area contributed by atoms with Crippen LogP contribution in [0.15, 0.2) is 18.3 Å². The van der Waals surface area contributed by atoms with Crippen molar-refractivity contribution in [3.8, 4) is 0 Å². The second-order valence-electron chi connectivity index (χ2n) is 1.84. The van der Waals surface area contributed by atoms with Gasteiger partial charge in [-0.25, -0.2) is 0 Å². The minimum Gasteiger partial charge on any atom is -0.483 e. The van der Waals surface area contributed by atoms with Crippen LogP contribution in [0, 0.1) is 6.92 Å². The molecule has 0 aliphatic heterocycles. The molecular formula is C7H10N2O2. The van der Waals surface area contributed by atoms with Crippen molar-refractivity contribution < 1.29 is 9.90 Å². The summed E-state index contributed by atoms with van der Waals surface area (Å²) in [7, 11) is 0. The number of hydrogen-bond donors (Lipinski definition) is 2. The topological polar surface area (TPSA) is 76.2 Å². The fourth-order valence-corrected chi connectivity index (χ4v) is 0.567. The SMILES string of the molecule is Cc1cc(N)ccn1.O=CO. The number of aryl methyl sites for hydroxylation is 1. The first-order valence-corrected chi connectivity index (χ1v) is 2.96. The number of hydrogen-bond acceptors (Lipinski definition) is 3. The number of carboxylic acid groups (broad SMARTS) is 1. The van der Waals surface area contributed by atoms with Crippen molar-refractivity contribution in [2.75, 3.05) is 5.73 Å². The van der Waals surface area contributed by atoms with Gasteiger partial charge < -0.3 is 10.8 Å². The molecule has 1 heterocycles. The molecule has 0 aliphatic rings. The first-order chi connectivity index (χ1) is 5.20. The second-order valence-corrected chi connectivity index (χ2v) is 1.84. The van der Waals surface area contributed by atoms with E-state index < -0.39 is 0 Å². The van der Waals surface area contributed by atoms with Gasteiger partial charge in [0, 0.05) is 17.6 Å². The van der Waals surface area contributed by atoms with Crippen LogP contribution < -0.4 is 5.73 Å². The van der Waals surface area contributed by atoms with Crippen LogP contribution in [0.3, 0.4) is 0 Å². The van der Waals surface area contributed by atoms with E-state index in [1.54, 1.807) is 12.3 Å². The van der Waals surface area contributed by atoms with Crippen LogP contribution in [0.5, 0.6) is 0 Å². The molecule has 0 bridgehead atoms. The highest BCUT2D eigenvalue weighted by atomic mass is 16.3. The van der Waals surface area contributed by atoms with Crippen molar-refractivity contribution in [1.82, 2.24) is 4.98 Å². The van der Waals surface area contributed by atoms with Crippen LogP contribution in [0.4, 0.5) is 5.69 Å². The average molecular weight is 154 g/mol. The molecule has 0 atom stereocenters. The van der Waals surface area contributed by atoms with E-state index in [1.807, 2.05) is 13.0 Å². The van der Waals surface area contributed by atoms with E-state index in [-0.39, 0.29) is 6.47 Å². The Bertz CT molecular complexity index is 208. The summed E-state index contributed by atoms with van der Waals surface area (Å²) in [6.45, 7) is 1.66. The third kappa shape index (κ3) is 4.90. The Morgan fingerprint density at radius 1 is 1.73 bits per heavy atom. The Kier molecular flexibility index (Phi) is 4.47. The van der Waals surface area contributed by atoms with E-state index in [4.69, 9.17) is 15.6 Å². The number of pyridine rings is 1. The fourth-order valence-electron chi connectivity index (χ4n) is 0.567. The smallest absolute Gasteiger partial charge is 0.290 e. The van der Waals surface area contributed by atoms with Gasteiger partial charge in [0.15, 0.2) is 0 Å². The Morgan fingerprint density at radius 2 is 2.27 bits per heavy atom. The average Bonchev–Trinajstić information content (AvgIpc) is 1.88. The molecule has 60 valence electrons. The zero-order valence-corrected chi connectivity index (χ0v) is 6.19. The van der Waals surface area contributed by atoms with Gasteiger partial charge in [-0.3, -0.25) is 9.78 Å². The summed E-state index contributed by atoms with van der Waals surface area (Å²) in [4.78, 5) is 12.3. The van der Waals surface area contributed by atoms with Crippen molar-refractivity contribution in [1.29, 1.82) is 0 Å². The summed E-state index contributed by atoms with van der Waals surface area (Å²) in [5.41, 5.74) is 7.16. The highest BCUT2D eigenvalue weighted by Crippen LogP contribution is 1.99. The number of nitrogen functional groups attached to an aromatic ring is 1. The molecule has 0 spiro atoms. The summed E-state index contributed by atoms with van der Waals surface area (Å²) < 4.78 is 0. The molecule has 1 aromatic heterocycles. The Morgan fingerprint density at radius 3 is 2.55 bits per heavy atom. The van der Waals surface area contributed by atoms with Crippen molar-refractivity contribution in [2.24, 2.45) is 0 Å². The lowest BCUT2D eigenvalue weighted by molar-refractivity contribution is -0.122. The molecule has 0 radical (unpaired) electrons. The summed E-state index contributed by atoms with van der Waals surface area (Å²) in [5.74, 6) is 0. The van der Waals surface area contributed by atoms with Gasteiger partial charge in [0.05, 0.1) is 0 Å². The van der Waals surface area contributed by atoms with Crippen LogP contribution >= 0.6 is 0 Å². The first kappa shape index (κ1) is 9.42. The minimum absolute atomic E-state index is 0.250. The number of aromatic nitrogens is 1. The maximum absolute atomic E-state index is 8.36. The highest BCUT2D eigenvalue weighted by Gasteiger charge is 1.82. The molecule has 0 aliphatic carbocycles. The number of anilines is 1. The number of carbonyl (C=O) groups is 1. The zero-order valence-electron chi connectivity index (χ0n) is 6.19. The predicted molar refractivity (Wildman–Crippen MR) is 42.1 cm³/mol. The van der Waals surface area contributed by atoms with Crippen molar-refractivity contribution in [2.45, 2.75) is 6.92 Å². The third-order valence-corrected chi connectivity index (χ3v) is 0.921. The third-order valence-electron chi connectivity index (χ3n) is 0.921. The van der Waals surface area contributed by atoms with E-state index >= 15 is 0 Å². The molecular weight excluding hydrogens is 144 g/mol. The van der Waals surface area contributed by atoms with Crippen LogP contribution in [-0.4, -0.2) is 16.6 Å². The molecule has 1 aromatic rings. The van der Waals surface area contributed by atoms with Gasteiger partial charge >= 0.3 is 0 Å². The van der Waals surface area contributed by atoms with E-state index in [0.29, 0.717) is 0 Å². The van der Waals surface area contributed by atoms with Gasteiger partial charge in [0.1, 0.15) is 0 Å². The van der Waals surface area contributed by atoms with Crippen LogP contribution in [0.2, 0.25) is 0 Å². The maximum Gasteiger partial charge on any atom is 0.290 e. The van der Waals surface area contributed by atoms with Gasteiger partial charge in [-0.1, -0.05) is 0 Å². The molecule has 11 heavy (non-hydrogen) atoms. The minimum atomic E-state index is -0.250. The monoisotopic (exact) mass is 154 g/mol. The molecule has 0 unspecified atom stereocenters. The normalized spacial score (nSPS) is 7.73. The summed E-state index contributed by atoms with van der Waals surface area (Å²) in [5, 5.41) is 6.89. The van der Waals surface area contributed by atoms with E-state index in [1.165, 1.54) is 0 Å². The van der Waals surface area contributed by atoms with Gasteiger partial charge in [0.2, 0.25) is 0 Å². The lowest BCUT2D eigenvalue weighted by Gasteiger charge is -1.90. The quantitative estimate of drug-likeness (QED) is 0.538. The van der Waals surface area contributed by atoms with Gasteiger partial charge in [-0.2, -0.15) is 0 Å². The summed E-state index contributed by atoms with van der Waals surface area (Å²) in [6.07, 6.45) is 1.70. The lowest BCUT2D eigenvalue weighted by atomic mass is 10.3. The molecule has 4 heteroatoms. The maximum atomic E-state index is 8.36. The van der Waals surface area contributed by atoms with E-state index in [9.17, 15) is 0 Å². The van der Waals surface area contributed by atoms with Crippen molar-refractivity contribution in [3.63, 3.8) is 0 Å². The van der Waals surface area contributed by atoms with Crippen molar-refractivity contribution in [3.05, 3.63) is 24.0 Å². The van der Waals surface area contributed by atoms with Gasteiger partial charge in [0.25, 0.3) is 6.47 Å². The first-order valence-electron chi connectivity index (χ1n) is 2.96.